The van der Waals surface area contributed by atoms with E-state index >= 15 is 0 Å². The summed E-state index contributed by atoms with van der Waals surface area (Å²) in [6.45, 7) is 3.88. The molecule has 4 aromatic heterocycles. The number of aromatic nitrogens is 5. The molecule has 7 nitrogen and oxygen atoms in total. The number of anilines is 1. The number of carbonyl (C=O) groups is 1. The summed E-state index contributed by atoms with van der Waals surface area (Å²) in [7, 11) is 0. The van der Waals surface area contributed by atoms with E-state index in [0.717, 1.165) is 22.4 Å². The number of nitrogens with one attached hydrogen (secondary N) is 1. The fraction of sp³-hybridized carbons (Fsp3) is 0.118. The van der Waals surface area contributed by atoms with E-state index in [-0.39, 0.29) is 5.91 Å². The van der Waals surface area contributed by atoms with Crippen molar-refractivity contribution in [2.24, 2.45) is 0 Å². The lowest BCUT2D eigenvalue weighted by Crippen LogP contribution is -2.14. The Labute approximate surface area is 147 Å². The summed E-state index contributed by atoms with van der Waals surface area (Å²) in [5.41, 5.74) is 4.66. The van der Waals surface area contributed by atoms with Gasteiger partial charge in [-0.05, 0) is 31.5 Å². The van der Waals surface area contributed by atoms with Gasteiger partial charge in [0.25, 0.3) is 5.91 Å². The van der Waals surface area contributed by atoms with E-state index < -0.39 is 0 Å². The SMILES string of the molecule is Cc1csc(NC(=O)c2cc(-c3cnccc3C)cn3ncnc23)n1. The van der Waals surface area contributed by atoms with Crippen LogP contribution >= 0.6 is 11.3 Å². The molecule has 124 valence electrons. The average Bonchev–Trinajstić information content (AvgIpc) is 3.23. The predicted octanol–water partition coefficient (Wildman–Crippen LogP) is 3.12. The molecule has 4 rings (SSSR count). The number of pyridine rings is 2. The van der Waals surface area contributed by atoms with E-state index in [2.05, 4.69) is 25.4 Å². The Bertz CT molecular complexity index is 1080. The van der Waals surface area contributed by atoms with Gasteiger partial charge < -0.3 is 0 Å². The maximum atomic E-state index is 12.8. The highest BCUT2D eigenvalue weighted by atomic mass is 32.1. The number of nitrogens with zero attached hydrogens (tertiary/aromatic N) is 5. The van der Waals surface area contributed by atoms with Crippen molar-refractivity contribution in [2.45, 2.75) is 13.8 Å². The summed E-state index contributed by atoms with van der Waals surface area (Å²) in [4.78, 5) is 25.4. The molecule has 0 fully saturated rings. The summed E-state index contributed by atoms with van der Waals surface area (Å²) < 4.78 is 1.60. The van der Waals surface area contributed by atoms with Crippen LogP contribution in [0.2, 0.25) is 0 Å². The van der Waals surface area contributed by atoms with Crippen molar-refractivity contribution in [1.29, 1.82) is 0 Å². The molecular formula is C17H14N6OS. The lowest BCUT2D eigenvalue weighted by Gasteiger charge is -2.09. The smallest absolute Gasteiger partial charge is 0.261 e. The Morgan fingerprint density at radius 1 is 1.32 bits per heavy atom. The topological polar surface area (TPSA) is 85.1 Å². The number of thiazole rings is 1. The molecule has 0 aliphatic rings. The number of rotatable bonds is 3. The van der Waals surface area contributed by atoms with E-state index in [4.69, 9.17) is 0 Å². The van der Waals surface area contributed by atoms with Crippen molar-refractivity contribution < 1.29 is 4.79 Å². The quantitative estimate of drug-likeness (QED) is 0.613. The van der Waals surface area contributed by atoms with Crippen molar-refractivity contribution in [2.75, 3.05) is 5.32 Å². The first-order valence-corrected chi connectivity index (χ1v) is 8.47. The fourth-order valence-electron chi connectivity index (χ4n) is 2.58. The summed E-state index contributed by atoms with van der Waals surface area (Å²) >= 11 is 1.39. The van der Waals surface area contributed by atoms with Gasteiger partial charge >= 0.3 is 0 Å². The number of hydrogen-bond acceptors (Lipinski definition) is 6. The summed E-state index contributed by atoms with van der Waals surface area (Å²) in [6.07, 6.45) is 6.79. The number of carbonyl (C=O) groups excluding carboxylic acids is 1. The van der Waals surface area contributed by atoms with Gasteiger partial charge in [0.2, 0.25) is 0 Å². The van der Waals surface area contributed by atoms with E-state index in [1.165, 1.54) is 17.7 Å². The molecule has 0 saturated heterocycles. The van der Waals surface area contributed by atoms with E-state index in [0.29, 0.717) is 16.3 Å². The molecule has 25 heavy (non-hydrogen) atoms. The van der Waals surface area contributed by atoms with Gasteiger partial charge in [0.05, 0.1) is 11.3 Å². The Kier molecular flexibility index (Phi) is 3.73. The first-order valence-electron chi connectivity index (χ1n) is 7.59. The molecule has 0 aliphatic heterocycles. The second kappa shape index (κ2) is 6.06. The highest BCUT2D eigenvalue weighted by Crippen LogP contribution is 2.25. The second-order valence-electron chi connectivity index (χ2n) is 5.61. The number of fused-ring (bicyclic) bond motifs is 1. The molecule has 1 N–H and O–H groups in total. The maximum absolute atomic E-state index is 12.8. The second-order valence-corrected chi connectivity index (χ2v) is 6.47. The Morgan fingerprint density at radius 3 is 2.96 bits per heavy atom. The fourth-order valence-corrected chi connectivity index (χ4v) is 3.27. The third-order valence-corrected chi connectivity index (χ3v) is 4.68. The number of hydrogen-bond donors (Lipinski definition) is 1. The van der Waals surface area contributed by atoms with E-state index in [9.17, 15) is 4.79 Å². The van der Waals surface area contributed by atoms with Crippen LogP contribution in [-0.2, 0) is 0 Å². The van der Waals surface area contributed by atoms with Crippen LogP contribution in [0.4, 0.5) is 5.13 Å². The van der Waals surface area contributed by atoms with Crippen LogP contribution in [-0.4, -0.2) is 30.5 Å². The minimum atomic E-state index is -0.268. The van der Waals surface area contributed by atoms with Crippen LogP contribution in [0.15, 0.2) is 42.4 Å². The predicted molar refractivity (Wildman–Crippen MR) is 95.8 cm³/mol. The Hall–Kier alpha value is -3.13. The van der Waals surface area contributed by atoms with Gasteiger partial charge in [-0.15, -0.1) is 11.3 Å². The molecule has 0 spiro atoms. The number of amides is 1. The van der Waals surface area contributed by atoms with Crippen molar-refractivity contribution in [3.05, 3.63) is 59.3 Å². The molecule has 0 saturated carbocycles. The molecule has 0 radical (unpaired) electrons. The van der Waals surface area contributed by atoms with Gasteiger partial charge in [0.15, 0.2) is 10.8 Å². The molecule has 4 heterocycles. The monoisotopic (exact) mass is 350 g/mol. The minimum Gasteiger partial charge on any atom is -0.298 e. The zero-order chi connectivity index (χ0) is 17.4. The van der Waals surface area contributed by atoms with Crippen LogP contribution in [0.3, 0.4) is 0 Å². The molecule has 0 aromatic carbocycles. The van der Waals surface area contributed by atoms with Crippen LogP contribution in [0.1, 0.15) is 21.6 Å². The average molecular weight is 350 g/mol. The molecule has 0 unspecified atom stereocenters. The van der Waals surface area contributed by atoms with Crippen molar-refractivity contribution in [3.8, 4) is 11.1 Å². The van der Waals surface area contributed by atoms with Crippen molar-refractivity contribution >= 4 is 28.0 Å². The van der Waals surface area contributed by atoms with Crippen LogP contribution in [0.5, 0.6) is 0 Å². The Morgan fingerprint density at radius 2 is 2.20 bits per heavy atom. The molecule has 0 aliphatic carbocycles. The van der Waals surface area contributed by atoms with E-state index in [1.807, 2.05) is 37.6 Å². The van der Waals surface area contributed by atoms with Gasteiger partial charge in [-0.1, -0.05) is 0 Å². The molecule has 0 atom stereocenters. The van der Waals surface area contributed by atoms with Gasteiger partial charge in [0.1, 0.15) is 6.33 Å². The normalized spacial score (nSPS) is 11.0. The maximum Gasteiger partial charge on any atom is 0.261 e. The highest BCUT2D eigenvalue weighted by Gasteiger charge is 2.17. The van der Waals surface area contributed by atoms with Gasteiger partial charge in [-0.3, -0.25) is 15.1 Å². The van der Waals surface area contributed by atoms with Gasteiger partial charge in [-0.25, -0.2) is 14.5 Å². The zero-order valence-electron chi connectivity index (χ0n) is 13.6. The van der Waals surface area contributed by atoms with Crippen LogP contribution < -0.4 is 5.32 Å². The van der Waals surface area contributed by atoms with Crippen LogP contribution in [0.25, 0.3) is 16.8 Å². The van der Waals surface area contributed by atoms with Crippen molar-refractivity contribution in [1.82, 2.24) is 24.6 Å². The third kappa shape index (κ3) is 2.87. The zero-order valence-corrected chi connectivity index (χ0v) is 14.4. The largest absolute Gasteiger partial charge is 0.298 e. The van der Waals surface area contributed by atoms with Crippen molar-refractivity contribution in [3.63, 3.8) is 0 Å². The van der Waals surface area contributed by atoms with E-state index in [1.54, 1.807) is 16.9 Å². The summed E-state index contributed by atoms with van der Waals surface area (Å²) in [5, 5.41) is 9.45. The number of aryl methyl sites for hydroxylation is 2. The van der Waals surface area contributed by atoms with Gasteiger partial charge in [-0.2, -0.15) is 5.10 Å². The Balaban J connectivity index is 1.81. The van der Waals surface area contributed by atoms with Gasteiger partial charge in [0, 0.05) is 35.1 Å². The molecule has 4 aromatic rings. The standard InChI is InChI=1S/C17H14N6OS/c1-10-3-4-18-6-14(10)12-5-13(15-19-9-20-23(15)7-12)16(24)22-17-21-11(2)8-25-17/h3-9H,1-2H3,(H,21,22,24). The molecule has 8 heteroatoms. The lowest BCUT2D eigenvalue weighted by molar-refractivity contribution is 0.102. The minimum absolute atomic E-state index is 0.268. The third-order valence-electron chi connectivity index (χ3n) is 3.81. The lowest BCUT2D eigenvalue weighted by atomic mass is 10.0. The van der Waals surface area contributed by atoms with Crippen LogP contribution in [0, 0.1) is 13.8 Å². The first kappa shape index (κ1) is 15.4. The summed E-state index contributed by atoms with van der Waals surface area (Å²) in [5.74, 6) is -0.268. The summed E-state index contributed by atoms with van der Waals surface area (Å²) in [6, 6.07) is 3.74. The highest BCUT2D eigenvalue weighted by molar-refractivity contribution is 7.13. The molecule has 1 amide bonds. The molecular weight excluding hydrogens is 336 g/mol. The molecule has 0 bridgehead atoms. The first-order chi connectivity index (χ1) is 12.1.